The lowest BCUT2D eigenvalue weighted by Gasteiger charge is -2.26. The van der Waals surface area contributed by atoms with Gasteiger partial charge in [0.15, 0.2) is 0 Å². The summed E-state index contributed by atoms with van der Waals surface area (Å²) in [6.45, 7) is 2.75. The van der Waals surface area contributed by atoms with E-state index in [-0.39, 0.29) is 28.8 Å². The number of sulfonamides is 2. The monoisotopic (exact) mass is 431 g/mol. The molecule has 0 atom stereocenters. The van der Waals surface area contributed by atoms with Gasteiger partial charge in [0.2, 0.25) is 26.0 Å². The van der Waals surface area contributed by atoms with Gasteiger partial charge in [-0.2, -0.15) is 8.61 Å². The van der Waals surface area contributed by atoms with Gasteiger partial charge in [0.25, 0.3) is 0 Å². The Balaban J connectivity index is 2.27. The lowest BCUT2D eigenvalue weighted by Crippen LogP contribution is -2.40. The molecule has 1 amide bonds. The summed E-state index contributed by atoms with van der Waals surface area (Å²) in [5.41, 5.74) is 0. The summed E-state index contributed by atoms with van der Waals surface area (Å²) in [7, 11) is -4.38. The Bertz CT molecular complexity index is 874. The molecule has 0 saturated carbocycles. The molecule has 0 aromatic heterocycles. The van der Waals surface area contributed by atoms with Gasteiger partial charge in [0.05, 0.1) is 16.3 Å². The van der Waals surface area contributed by atoms with Crippen LogP contribution in [0.1, 0.15) is 32.6 Å². The number of rotatable bonds is 8. The number of benzene rings is 1. The number of nitrogens with zero attached hydrogens (tertiary/aromatic N) is 3. The summed E-state index contributed by atoms with van der Waals surface area (Å²) >= 11 is 0. The molecule has 1 fully saturated rings. The summed E-state index contributed by atoms with van der Waals surface area (Å²) < 4.78 is 53.9. The maximum atomic E-state index is 12.9. The maximum Gasteiger partial charge on any atom is 0.243 e. The first-order chi connectivity index (χ1) is 13.1. The van der Waals surface area contributed by atoms with Crippen molar-refractivity contribution in [3.63, 3.8) is 0 Å². The van der Waals surface area contributed by atoms with E-state index in [9.17, 15) is 21.6 Å². The minimum Gasteiger partial charge on any atom is -0.348 e. The predicted octanol–water partition coefficient (Wildman–Crippen LogP) is 1.35. The summed E-state index contributed by atoms with van der Waals surface area (Å²) in [5.74, 6) is -0.318. The number of carbonyl (C=O) groups is 1. The van der Waals surface area contributed by atoms with Crippen molar-refractivity contribution in [1.29, 1.82) is 0 Å². The maximum absolute atomic E-state index is 12.9. The lowest BCUT2D eigenvalue weighted by atomic mass is 10.2. The first-order valence-electron chi connectivity index (χ1n) is 9.41. The summed E-state index contributed by atoms with van der Waals surface area (Å²) in [6.07, 6.45) is 3.23. The van der Waals surface area contributed by atoms with E-state index in [1.807, 2.05) is 6.92 Å². The number of hydrogen-bond acceptors (Lipinski definition) is 5. The molecule has 0 radical (unpaired) electrons. The van der Waals surface area contributed by atoms with Crippen LogP contribution >= 0.6 is 0 Å². The van der Waals surface area contributed by atoms with Gasteiger partial charge >= 0.3 is 0 Å². The molecule has 28 heavy (non-hydrogen) atoms. The van der Waals surface area contributed by atoms with Crippen molar-refractivity contribution in [3.05, 3.63) is 24.3 Å². The van der Waals surface area contributed by atoms with Crippen molar-refractivity contribution in [2.75, 3.05) is 40.3 Å². The van der Waals surface area contributed by atoms with Crippen molar-refractivity contribution in [2.24, 2.45) is 0 Å². The zero-order valence-electron chi connectivity index (χ0n) is 16.7. The fourth-order valence-electron chi connectivity index (χ4n) is 3.01. The molecule has 1 aliphatic rings. The third kappa shape index (κ3) is 5.11. The topological polar surface area (TPSA) is 95.1 Å². The Kier molecular flexibility index (Phi) is 7.60. The molecule has 0 unspecified atom stereocenters. The minimum atomic E-state index is -3.90. The van der Waals surface area contributed by atoms with Crippen LogP contribution in [-0.2, 0) is 24.8 Å². The molecular formula is C18H29N3O5S2. The molecule has 0 bridgehead atoms. The van der Waals surface area contributed by atoms with Gasteiger partial charge in [-0.3, -0.25) is 4.79 Å². The van der Waals surface area contributed by atoms with Crippen LogP contribution in [0.2, 0.25) is 0 Å². The molecule has 1 aromatic rings. The van der Waals surface area contributed by atoms with Crippen LogP contribution in [0.15, 0.2) is 34.1 Å². The van der Waals surface area contributed by atoms with E-state index in [2.05, 4.69) is 0 Å². The van der Waals surface area contributed by atoms with Crippen LogP contribution in [0.3, 0.4) is 0 Å². The highest BCUT2D eigenvalue weighted by Gasteiger charge is 2.29. The first kappa shape index (κ1) is 22.8. The molecule has 2 rings (SSSR count). The number of likely N-dealkylation sites (N-methyl/N-ethyl adjacent to an activating group) is 1. The van der Waals surface area contributed by atoms with Gasteiger partial charge in [0, 0.05) is 33.7 Å². The van der Waals surface area contributed by atoms with Crippen LogP contribution in [0.25, 0.3) is 0 Å². The van der Waals surface area contributed by atoms with Gasteiger partial charge in [-0.05, 0) is 43.5 Å². The molecule has 10 heteroatoms. The number of carbonyl (C=O) groups excluding carboxylic acids is 1. The Morgan fingerprint density at radius 1 is 0.964 bits per heavy atom. The van der Waals surface area contributed by atoms with Crippen LogP contribution in [0, 0.1) is 0 Å². The molecular weight excluding hydrogens is 402 g/mol. The largest absolute Gasteiger partial charge is 0.348 e. The van der Waals surface area contributed by atoms with E-state index >= 15 is 0 Å². The van der Waals surface area contributed by atoms with Crippen molar-refractivity contribution in [1.82, 2.24) is 13.5 Å². The zero-order chi connectivity index (χ0) is 20.9. The van der Waals surface area contributed by atoms with Gasteiger partial charge in [-0.1, -0.05) is 13.3 Å². The smallest absolute Gasteiger partial charge is 0.243 e. The standard InChI is InChI=1S/C18H29N3O5S2/c1-4-12-21(15-18(22)19(2)3)28(25,26)17-10-8-16(9-11-17)27(23,24)20-13-6-5-7-14-20/h8-11H,4-7,12-15H2,1-3H3. The van der Waals surface area contributed by atoms with Crippen LogP contribution < -0.4 is 0 Å². The molecule has 1 saturated heterocycles. The minimum absolute atomic E-state index is 0.0231. The zero-order valence-corrected chi connectivity index (χ0v) is 18.3. The third-order valence-electron chi connectivity index (χ3n) is 4.70. The lowest BCUT2D eigenvalue weighted by molar-refractivity contribution is -0.128. The van der Waals surface area contributed by atoms with Crippen LogP contribution in [0.4, 0.5) is 0 Å². The van der Waals surface area contributed by atoms with Gasteiger partial charge in [-0.15, -0.1) is 0 Å². The van der Waals surface area contributed by atoms with Gasteiger partial charge < -0.3 is 4.90 Å². The molecule has 1 aromatic carbocycles. The van der Waals surface area contributed by atoms with E-state index in [0.717, 1.165) is 23.6 Å². The highest BCUT2D eigenvalue weighted by atomic mass is 32.2. The summed E-state index contributed by atoms with van der Waals surface area (Å²) in [5, 5.41) is 0. The van der Waals surface area contributed by atoms with Gasteiger partial charge in [0.1, 0.15) is 0 Å². The second-order valence-corrected chi connectivity index (χ2v) is 10.9. The number of hydrogen-bond donors (Lipinski definition) is 0. The fourth-order valence-corrected chi connectivity index (χ4v) is 6.01. The Morgan fingerprint density at radius 2 is 1.50 bits per heavy atom. The molecule has 1 aliphatic heterocycles. The Labute approximate surface area is 168 Å². The average Bonchev–Trinajstić information content (AvgIpc) is 2.68. The molecule has 0 N–H and O–H groups in total. The second-order valence-electron chi connectivity index (χ2n) is 7.06. The number of piperidine rings is 1. The van der Waals surface area contributed by atoms with Crippen LogP contribution in [-0.4, -0.2) is 76.5 Å². The first-order valence-corrected chi connectivity index (χ1v) is 12.3. The molecule has 0 aliphatic carbocycles. The van der Waals surface area contributed by atoms with E-state index < -0.39 is 20.0 Å². The quantitative estimate of drug-likeness (QED) is 0.619. The average molecular weight is 432 g/mol. The molecule has 1 heterocycles. The van der Waals surface area contributed by atoms with E-state index in [1.165, 1.54) is 33.5 Å². The van der Waals surface area contributed by atoms with E-state index in [4.69, 9.17) is 0 Å². The van der Waals surface area contributed by atoms with E-state index in [1.54, 1.807) is 14.1 Å². The second kappa shape index (κ2) is 9.34. The summed E-state index contributed by atoms with van der Waals surface area (Å²) in [4.78, 5) is 13.4. The van der Waals surface area contributed by atoms with Crippen LogP contribution in [0.5, 0.6) is 0 Å². The van der Waals surface area contributed by atoms with Crippen molar-refractivity contribution < 1.29 is 21.6 Å². The molecule has 158 valence electrons. The van der Waals surface area contributed by atoms with E-state index in [0.29, 0.717) is 19.5 Å². The summed E-state index contributed by atoms with van der Waals surface area (Å²) in [6, 6.07) is 5.26. The Morgan fingerprint density at radius 3 is 2.00 bits per heavy atom. The third-order valence-corrected chi connectivity index (χ3v) is 8.47. The van der Waals surface area contributed by atoms with Crippen molar-refractivity contribution >= 4 is 26.0 Å². The van der Waals surface area contributed by atoms with Crippen molar-refractivity contribution in [2.45, 2.75) is 42.4 Å². The fraction of sp³-hybridized carbons (Fsp3) is 0.611. The van der Waals surface area contributed by atoms with Crippen molar-refractivity contribution in [3.8, 4) is 0 Å². The molecule has 0 spiro atoms. The predicted molar refractivity (Wildman–Crippen MR) is 107 cm³/mol. The Hall–Kier alpha value is -1.49. The highest BCUT2D eigenvalue weighted by molar-refractivity contribution is 7.89. The number of amides is 1. The van der Waals surface area contributed by atoms with Gasteiger partial charge in [-0.25, -0.2) is 16.8 Å². The molecule has 8 nitrogen and oxygen atoms in total. The highest BCUT2D eigenvalue weighted by Crippen LogP contribution is 2.23. The SMILES string of the molecule is CCCN(CC(=O)N(C)C)S(=O)(=O)c1ccc(S(=O)(=O)N2CCCCC2)cc1. The normalized spacial score (nSPS) is 16.3.